The standard InChI is InChI=1S/C24H40O22/c25-1-4-7(28)11(32)19(24(42-4)44-16-8(29)5(2-26)40-21(39)14(16)35)46-23-15(36)17(9(30)6(3-27)41-23)43-22-13(34)10(31)12(33)18(45-22)20(37)38/h4-19,21-36,39H,1-3H2,(H,37,38). The number of rotatable bonds is 10. The molecule has 46 heavy (non-hydrogen) atoms. The fraction of sp³-hybridized carbons (Fsp3) is 0.958. The van der Waals surface area contributed by atoms with Crippen molar-refractivity contribution in [2.75, 3.05) is 19.8 Å². The molecule has 4 aliphatic rings. The Kier molecular flexibility index (Phi) is 12.6. The van der Waals surface area contributed by atoms with Crippen molar-refractivity contribution in [2.24, 2.45) is 0 Å². The van der Waals surface area contributed by atoms with E-state index < -0.39 is 149 Å². The smallest absolute Gasteiger partial charge is 0.335 e. The molecule has 20 unspecified atom stereocenters. The van der Waals surface area contributed by atoms with Crippen LogP contribution in [0.5, 0.6) is 0 Å². The van der Waals surface area contributed by atoms with E-state index in [1.165, 1.54) is 0 Å². The number of carboxylic acids is 1. The fourth-order valence-corrected chi connectivity index (χ4v) is 5.49. The second-order valence-corrected chi connectivity index (χ2v) is 11.2. The molecule has 0 aromatic rings. The van der Waals surface area contributed by atoms with Crippen molar-refractivity contribution in [3.05, 3.63) is 0 Å². The molecule has 22 nitrogen and oxygen atoms in total. The van der Waals surface area contributed by atoms with Crippen LogP contribution in [0.15, 0.2) is 0 Å². The number of aliphatic hydroxyl groups is 13. The molecule has 0 bridgehead atoms. The van der Waals surface area contributed by atoms with Gasteiger partial charge in [0.15, 0.2) is 31.3 Å². The maximum absolute atomic E-state index is 11.5. The summed E-state index contributed by atoms with van der Waals surface area (Å²) in [6.07, 6.45) is -38.8. The molecule has 0 amide bonds. The van der Waals surface area contributed by atoms with Crippen molar-refractivity contribution >= 4 is 5.97 Å². The first-order valence-corrected chi connectivity index (χ1v) is 14.1. The van der Waals surface area contributed by atoms with E-state index in [1.807, 2.05) is 0 Å². The fourth-order valence-electron chi connectivity index (χ4n) is 5.49. The van der Waals surface area contributed by atoms with Gasteiger partial charge in [0.05, 0.1) is 19.8 Å². The zero-order chi connectivity index (χ0) is 34.2. The summed E-state index contributed by atoms with van der Waals surface area (Å²) < 4.78 is 37.4. The van der Waals surface area contributed by atoms with Crippen molar-refractivity contribution in [3.8, 4) is 0 Å². The van der Waals surface area contributed by atoms with E-state index in [9.17, 15) is 76.3 Å². The minimum Gasteiger partial charge on any atom is -0.479 e. The predicted octanol–water partition coefficient (Wildman–Crippen LogP) is -9.66. The Morgan fingerprint density at radius 2 is 0.913 bits per heavy atom. The minimum atomic E-state index is -2.17. The Balaban J connectivity index is 1.58. The lowest BCUT2D eigenvalue weighted by Gasteiger charge is -2.49. The van der Waals surface area contributed by atoms with Gasteiger partial charge in [0, 0.05) is 0 Å². The third-order valence-electron chi connectivity index (χ3n) is 8.17. The molecule has 4 saturated heterocycles. The van der Waals surface area contributed by atoms with E-state index in [0.717, 1.165) is 0 Å². The monoisotopic (exact) mass is 680 g/mol. The maximum Gasteiger partial charge on any atom is 0.335 e. The van der Waals surface area contributed by atoms with Crippen molar-refractivity contribution < 1.29 is 109 Å². The van der Waals surface area contributed by atoms with Gasteiger partial charge in [0.2, 0.25) is 0 Å². The average molecular weight is 681 g/mol. The second-order valence-electron chi connectivity index (χ2n) is 11.2. The van der Waals surface area contributed by atoms with Gasteiger partial charge in [0.25, 0.3) is 0 Å². The molecule has 4 heterocycles. The van der Waals surface area contributed by atoms with E-state index in [2.05, 4.69) is 0 Å². The molecule has 20 atom stereocenters. The average Bonchev–Trinajstić information content (AvgIpc) is 3.02. The van der Waals surface area contributed by atoms with Gasteiger partial charge < -0.3 is 105 Å². The number of aliphatic carboxylic acids is 1. The predicted molar refractivity (Wildman–Crippen MR) is 134 cm³/mol. The van der Waals surface area contributed by atoms with Crippen LogP contribution in [0, 0.1) is 0 Å². The number of ether oxygens (including phenoxy) is 7. The molecule has 0 radical (unpaired) electrons. The lowest BCUT2D eigenvalue weighted by Crippen LogP contribution is -2.68. The number of carbonyl (C=O) groups is 1. The summed E-state index contributed by atoms with van der Waals surface area (Å²) in [6.45, 7) is -2.71. The van der Waals surface area contributed by atoms with Gasteiger partial charge in [-0.2, -0.15) is 0 Å². The highest BCUT2D eigenvalue weighted by atomic mass is 16.8. The summed E-state index contributed by atoms with van der Waals surface area (Å²) >= 11 is 0. The minimum absolute atomic E-state index is 0.839. The van der Waals surface area contributed by atoms with Crippen LogP contribution in [0.2, 0.25) is 0 Å². The van der Waals surface area contributed by atoms with Crippen LogP contribution < -0.4 is 0 Å². The van der Waals surface area contributed by atoms with Gasteiger partial charge in [-0.15, -0.1) is 0 Å². The van der Waals surface area contributed by atoms with Crippen molar-refractivity contribution in [1.29, 1.82) is 0 Å². The highest BCUT2D eigenvalue weighted by molar-refractivity contribution is 5.73. The number of carboxylic acid groups (broad SMARTS) is 1. The van der Waals surface area contributed by atoms with E-state index in [0.29, 0.717) is 0 Å². The third kappa shape index (κ3) is 7.31. The molecule has 0 spiro atoms. The van der Waals surface area contributed by atoms with E-state index in [4.69, 9.17) is 33.2 Å². The van der Waals surface area contributed by atoms with Crippen LogP contribution in [0.4, 0.5) is 0 Å². The number of hydrogen-bond donors (Lipinski definition) is 14. The molecular formula is C24H40O22. The van der Waals surface area contributed by atoms with Gasteiger partial charge in [-0.05, 0) is 0 Å². The maximum atomic E-state index is 11.5. The Bertz CT molecular complexity index is 992. The molecule has 0 saturated carbocycles. The molecule has 14 N–H and O–H groups in total. The van der Waals surface area contributed by atoms with Gasteiger partial charge in [-0.1, -0.05) is 0 Å². The van der Waals surface area contributed by atoms with Gasteiger partial charge >= 0.3 is 5.97 Å². The highest BCUT2D eigenvalue weighted by Gasteiger charge is 2.56. The summed E-state index contributed by atoms with van der Waals surface area (Å²) in [5.74, 6) is -1.76. The summed E-state index contributed by atoms with van der Waals surface area (Å²) in [7, 11) is 0. The Hall–Kier alpha value is -1.33. The Morgan fingerprint density at radius 1 is 0.457 bits per heavy atom. The third-order valence-corrected chi connectivity index (χ3v) is 8.17. The van der Waals surface area contributed by atoms with E-state index in [-0.39, 0.29) is 0 Å². The van der Waals surface area contributed by atoms with Gasteiger partial charge in [-0.25, -0.2) is 4.79 Å². The lowest BCUT2D eigenvalue weighted by molar-refractivity contribution is -0.396. The van der Waals surface area contributed by atoms with Crippen molar-refractivity contribution in [1.82, 2.24) is 0 Å². The molecule has 4 aliphatic heterocycles. The van der Waals surface area contributed by atoms with Crippen LogP contribution >= 0.6 is 0 Å². The molecule has 4 fully saturated rings. The molecule has 22 heteroatoms. The summed E-state index contributed by atoms with van der Waals surface area (Å²) in [5, 5.41) is 143. The van der Waals surface area contributed by atoms with E-state index in [1.54, 1.807) is 0 Å². The molecule has 0 aliphatic carbocycles. The molecular weight excluding hydrogens is 640 g/mol. The van der Waals surface area contributed by atoms with Crippen LogP contribution in [0.25, 0.3) is 0 Å². The lowest BCUT2D eigenvalue weighted by atomic mass is 9.95. The summed E-state index contributed by atoms with van der Waals surface area (Å²) in [6, 6.07) is 0. The van der Waals surface area contributed by atoms with Crippen molar-refractivity contribution in [2.45, 2.75) is 123 Å². The largest absolute Gasteiger partial charge is 0.479 e. The molecule has 268 valence electrons. The van der Waals surface area contributed by atoms with Crippen molar-refractivity contribution in [3.63, 3.8) is 0 Å². The SMILES string of the molecule is O=C(O)C1OC(OC2C(O)C(CO)OC(OC3C(OC4C(O)C(O)OC(CO)C4O)OC(CO)C(O)C3O)C2O)C(O)C(O)C1O. The molecule has 0 aromatic heterocycles. The second kappa shape index (κ2) is 15.5. The number of hydrogen-bond acceptors (Lipinski definition) is 21. The molecule has 0 aromatic carbocycles. The normalized spacial score (nSPS) is 51.9. The van der Waals surface area contributed by atoms with E-state index >= 15 is 0 Å². The Morgan fingerprint density at radius 3 is 1.48 bits per heavy atom. The first-order chi connectivity index (χ1) is 21.7. The first-order valence-electron chi connectivity index (χ1n) is 14.1. The zero-order valence-electron chi connectivity index (χ0n) is 23.7. The van der Waals surface area contributed by atoms with Gasteiger partial charge in [0.1, 0.15) is 91.6 Å². The molecule has 4 rings (SSSR count). The topological polar surface area (TPSA) is 365 Å². The first kappa shape index (κ1) is 37.5. The highest BCUT2D eigenvalue weighted by Crippen LogP contribution is 2.34. The van der Waals surface area contributed by atoms with Crippen LogP contribution in [0.1, 0.15) is 0 Å². The summed E-state index contributed by atoms with van der Waals surface area (Å²) in [5.41, 5.74) is 0. The summed E-state index contributed by atoms with van der Waals surface area (Å²) in [4.78, 5) is 11.5. The van der Waals surface area contributed by atoms with Crippen LogP contribution in [-0.4, -0.2) is 220 Å². The number of aliphatic hydroxyl groups excluding tert-OH is 13. The van der Waals surface area contributed by atoms with Crippen LogP contribution in [0.3, 0.4) is 0 Å². The van der Waals surface area contributed by atoms with Crippen LogP contribution in [-0.2, 0) is 38.0 Å². The Labute approximate surface area is 258 Å². The quantitative estimate of drug-likeness (QED) is 0.102. The zero-order valence-corrected chi connectivity index (χ0v) is 23.7. The van der Waals surface area contributed by atoms with Gasteiger partial charge in [-0.3, -0.25) is 0 Å².